The van der Waals surface area contributed by atoms with Gasteiger partial charge in [0.15, 0.2) is 0 Å². The van der Waals surface area contributed by atoms with Crippen LogP contribution in [-0.2, 0) is 9.53 Å². The smallest absolute Gasteiger partial charge is 0.307 e. The number of ether oxygens (including phenoxy) is 1. The molecule has 0 spiro atoms. The molecule has 0 radical (unpaired) electrons. The lowest BCUT2D eigenvalue weighted by molar-refractivity contribution is -0.142. The Labute approximate surface area is 98.1 Å². The number of carbonyl (C=O) groups is 1. The van der Waals surface area contributed by atoms with Crippen molar-refractivity contribution in [2.45, 2.75) is 45.2 Å². The predicted octanol–water partition coefficient (Wildman–Crippen LogP) is 0.997. The van der Waals surface area contributed by atoms with Crippen molar-refractivity contribution in [3.8, 4) is 0 Å². The van der Waals surface area contributed by atoms with E-state index in [2.05, 4.69) is 18.7 Å². The van der Waals surface area contributed by atoms with Crippen LogP contribution in [0, 0.1) is 5.92 Å². The monoisotopic (exact) mass is 228 g/mol. The van der Waals surface area contributed by atoms with Crippen molar-refractivity contribution in [1.29, 1.82) is 0 Å². The predicted molar refractivity (Wildman–Crippen MR) is 64.0 cm³/mol. The Kier molecular flexibility index (Phi) is 5.22. The fraction of sp³-hybridized carbons (Fsp3) is 0.917. The molecule has 4 heteroatoms. The molecule has 0 aliphatic carbocycles. The van der Waals surface area contributed by atoms with E-state index in [0.717, 1.165) is 18.9 Å². The Morgan fingerprint density at radius 2 is 2.31 bits per heavy atom. The minimum atomic E-state index is -0.137. The summed E-state index contributed by atoms with van der Waals surface area (Å²) >= 11 is 0. The second-order valence-electron chi connectivity index (χ2n) is 4.89. The van der Waals surface area contributed by atoms with Gasteiger partial charge >= 0.3 is 5.97 Å². The van der Waals surface area contributed by atoms with E-state index in [1.807, 2.05) is 0 Å². The molecule has 3 unspecified atom stereocenters. The number of rotatable bonds is 4. The van der Waals surface area contributed by atoms with Crippen molar-refractivity contribution in [3.05, 3.63) is 0 Å². The highest BCUT2D eigenvalue weighted by molar-refractivity contribution is 5.69. The minimum absolute atomic E-state index is 0.137. The van der Waals surface area contributed by atoms with Gasteiger partial charge in [-0.2, -0.15) is 0 Å². The number of esters is 1. The van der Waals surface area contributed by atoms with Crippen LogP contribution >= 0.6 is 0 Å². The first kappa shape index (κ1) is 13.5. The normalized spacial score (nSPS) is 28.8. The van der Waals surface area contributed by atoms with Gasteiger partial charge in [-0.1, -0.05) is 6.92 Å². The number of nitrogens with two attached hydrogens (primary N) is 1. The van der Waals surface area contributed by atoms with Crippen molar-refractivity contribution in [2.24, 2.45) is 11.7 Å². The van der Waals surface area contributed by atoms with Crippen molar-refractivity contribution in [1.82, 2.24) is 4.90 Å². The molecule has 0 bridgehead atoms. The van der Waals surface area contributed by atoms with E-state index in [1.165, 1.54) is 13.5 Å². The van der Waals surface area contributed by atoms with E-state index < -0.39 is 0 Å². The highest BCUT2D eigenvalue weighted by Crippen LogP contribution is 2.24. The number of hydrogen-bond donors (Lipinski definition) is 1. The third-order valence-electron chi connectivity index (χ3n) is 3.55. The molecule has 1 rings (SSSR count). The average molecular weight is 228 g/mol. The van der Waals surface area contributed by atoms with Crippen molar-refractivity contribution in [3.63, 3.8) is 0 Å². The molecule has 1 aliphatic heterocycles. The van der Waals surface area contributed by atoms with Gasteiger partial charge in [-0.05, 0) is 32.2 Å². The molecule has 0 aromatic heterocycles. The summed E-state index contributed by atoms with van der Waals surface area (Å²) in [7, 11) is 1.44. The van der Waals surface area contributed by atoms with Gasteiger partial charge in [0.25, 0.3) is 0 Å². The summed E-state index contributed by atoms with van der Waals surface area (Å²) in [5, 5.41) is 0. The second-order valence-corrected chi connectivity index (χ2v) is 4.89. The number of carbonyl (C=O) groups excluding carboxylic acids is 1. The first-order valence-corrected chi connectivity index (χ1v) is 6.11. The van der Waals surface area contributed by atoms with E-state index in [0.29, 0.717) is 19.0 Å². The van der Waals surface area contributed by atoms with Gasteiger partial charge in [0.05, 0.1) is 13.5 Å². The molecular formula is C12H24N2O2. The van der Waals surface area contributed by atoms with Crippen LogP contribution in [0.3, 0.4) is 0 Å². The van der Waals surface area contributed by atoms with Gasteiger partial charge in [-0.3, -0.25) is 9.69 Å². The SMILES string of the molecule is COC(=O)CC(C)N1CCC(C)CC1CN. The largest absolute Gasteiger partial charge is 0.469 e. The van der Waals surface area contributed by atoms with Crippen molar-refractivity contribution >= 4 is 5.97 Å². The molecule has 4 nitrogen and oxygen atoms in total. The maximum atomic E-state index is 11.2. The van der Waals surface area contributed by atoms with Gasteiger partial charge in [-0.15, -0.1) is 0 Å². The quantitative estimate of drug-likeness (QED) is 0.729. The fourth-order valence-electron chi connectivity index (χ4n) is 2.52. The molecule has 16 heavy (non-hydrogen) atoms. The number of likely N-dealkylation sites (tertiary alicyclic amines) is 1. The lowest BCUT2D eigenvalue weighted by Gasteiger charge is -2.41. The van der Waals surface area contributed by atoms with Crippen LogP contribution < -0.4 is 5.73 Å². The first-order chi connectivity index (χ1) is 7.58. The van der Waals surface area contributed by atoms with E-state index >= 15 is 0 Å². The van der Waals surface area contributed by atoms with Crippen LogP contribution in [0.2, 0.25) is 0 Å². The first-order valence-electron chi connectivity index (χ1n) is 6.11. The van der Waals surface area contributed by atoms with E-state index in [-0.39, 0.29) is 12.0 Å². The Morgan fingerprint density at radius 1 is 1.62 bits per heavy atom. The average Bonchev–Trinajstić information content (AvgIpc) is 2.28. The zero-order valence-electron chi connectivity index (χ0n) is 10.6. The summed E-state index contributed by atoms with van der Waals surface area (Å²) in [5.74, 6) is 0.608. The maximum absolute atomic E-state index is 11.2. The molecule has 0 saturated carbocycles. The molecule has 1 heterocycles. The van der Waals surface area contributed by atoms with Gasteiger partial charge in [0, 0.05) is 18.6 Å². The molecule has 94 valence electrons. The summed E-state index contributed by atoms with van der Waals surface area (Å²) in [5.41, 5.74) is 5.80. The molecule has 0 amide bonds. The van der Waals surface area contributed by atoms with Gasteiger partial charge < -0.3 is 10.5 Å². The summed E-state index contributed by atoms with van der Waals surface area (Å²) in [6.07, 6.45) is 2.80. The third-order valence-corrected chi connectivity index (χ3v) is 3.55. The van der Waals surface area contributed by atoms with Crippen LogP contribution in [0.25, 0.3) is 0 Å². The maximum Gasteiger partial charge on any atom is 0.307 e. The number of hydrogen-bond acceptors (Lipinski definition) is 4. The van der Waals surface area contributed by atoms with Crippen molar-refractivity contribution < 1.29 is 9.53 Å². The lowest BCUT2D eigenvalue weighted by atomic mass is 9.91. The molecule has 2 N–H and O–H groups in total. The van der Waals surface area contributed by atoms with E-state index in [1.54, 1.807) is 0 Å². The highest BCUT2D eigenvalue weighted by Gasteiger charge is 2.29. The van der Waals surface area contributed by atoms with Gasteiger partial charge in [0.2, 0.25) is 0 Å². The van der Waals surface area contributed by atoms with Crippen LogP contribution in [0.4, 0.5) is 0 Å². The summed E-state index contributed by atoms with van der Waals surface area (Å²) < 4.78 is 4.70. The number of piperidine rings is 1. The molecule has 1 saturated heterocycles. The fourth-order valence-corrected chi connectivity index (χ4v) is 2.52. The summed E-state index contributed by atoms with van der Waals surface area (Å²) in [6, 6.07) is 0.650. The Balaban J connectivity index is 2.52. The highest BCUT2D eigenvalue weighted by atomic mass is 16.5. The molecule has 3 atom stereocenters. The van der Waals surface area contributed by atoms with Gasteiger partial charge in [-0.25, -0.2) is 0 Å². The third kappa shape index (κ3) is 3.46. The van der Waals surface area contributed by atoms with E-state index in [9.17, 15) is 4.79 Å². The molecule has 1 aliphatic rings. The van der Waals surface area contributed by atoms with Crippen LogP contribution in [-0.4, -0.2) is 43.2 Å². The molecule has 0 aromatic rings. The second kappa shape index (κ2) is 6.21. The topological polar surface area (TPSA) is 55.6 Å². The number of nitrogens with zero attached hydrogens (tertiary/aromatic N) is 1. The lowest BCUT2D eigenvalue weighted by Crippen LogP contribution is -2.50. The van der Waals surface area contributed by atoms with Crippen molar-refractivity contribution in [2.75, 3.05) is 20.2 Å². The zero-order chi connectivity index (χ0) is 12.1. The Hall–Kier alpha value is -0.610. The zero-order valence-corrected chi connectivity index (χ0v) is 10.6. The molecule has 1 fully saturated rings. The summed E-state index contributed by atoms with van der Waals surface area (Å²) in [6.45, 7) is 6.07. The van der Waals surface area contributed by atoms with Crippen LogP contribution in [0.1, 0.15) is 33.1 Å². The Morgan fingerprint density at radius 3 is 2.88 bits per heavy atom. The molecular weight excluding hydrogens is 204 g/mol. The van der Waals surface area contributed by atoms with E-state index in [4.69, 9.17) is 10.5 Å². The number of methoxy groups -OCH3 is 1. The van der Waals surface area contributed by atoms with Crippen LogP contribution in [0.5, 0.6) is 0 Å². The van der Waals surface area contributed by atoms with Gasteiger partial charge in [0.1, 0.15) is 0 Å². The summed E-state index contributed by atoms with van der Waals surface area (Å²) in [4.78, 5) is 13.6. The Bertz CT molecular complexity index is 233. The molecule has 0 aromatic carbocycles. The minimum Gasteiger partial charge on any atom is -0.469 e. The van der Waals surface area contributed by atoms with Crippen LogP contribution in [0.15, 0.2) is 0 Å². The standard InChI is InChI=1S/C12H24N2O2/c1-9-4-5-14(11(6-9)8-13)10(2)7-12(15)16-3/h9-11H,4-8,13H2,1-3H3.